The van der Waals surface area contributed by atoms with Gasteiger partial charge in [0.2, 0.25) is 0 Å². The van der Waals surface area contributed by atoms with Gasteiger partial charge in [-0.2, -0.15) is 5.26 Å². The van der Waals surface area contributed by atoms with Crippen molar-refractivity contribution in [1.82, 2.24) is 0 Å². The SMILES string of the molecule is N#CC(CCl)Cc1c(F)cccc1F. The second-order valence-electron chi connectivity index (χ2n) is 2.88. The van der Waals surface area contributed by atoms with E-state index in [1.54, 1.807) is 0 Å². The van der Waals surface area contributed by atoms with E-state index in [-0.39, 0.29) is 17.9 Å². The summed E-state index contributed by atoms with van der Waals surface area (Å²) >= 11 is 5.45. The Balaban J connectivity index is 2.91. The summed E-state index contributed by atoms with van der Waals surface area (Å²) in [6, 6.07) is 5.51. The maximum Gasteiger partial charge on any atom is 0.129 e. The fourth-order valence-electron chi connectivity index (χ4n) is 1.11. The van der Waals surface area contributed by atoms with Gasteiger partial charge in [0.05, 0.1) is 12.0 Å². The van der Waals surface area contributed by atoms with Crippen molar-refractivity contribution in [2.24, 2.45) is 5.92 Å². The zero-order chi connectivity index (χ0) is 10.6. The van der Waals surface area contributed by atoms with Crippen LogP contribution in [0.4, 0.5) is 8.78 Å². The third-order valence-electron chi connectivity index (χ3n) is 1.88. The number of hydrogen-bond donors (Lipinski definition) is 0. The average Bonchev–Trinajstić information content (AvgIpc) is 2.18. The highest BCUT2D eigenvalue weighted by atomic mass is 35.5. The zero-order valence-corrected chi connectivity index (χ0v) is 8.06. The van der Waals surface area contributed by atoms with Gasteiger partial charge >= 0.3 is 0 Å². The van der Waals surface area contributed by atoms with Crippen molar-refractivity contribution in [3.63, 3.8) is 0 Å². The van der Waals surface area contributed by atoms with Gasteiger partial charge in [0.15, 0.2) is 0 Å². The van der Waals surface area contributed by atoms with Gasteiger partial charge in [-0.25, -0.2) is 8.78 Å². The van der Waals surface area contributed by atoms with E-state index in [0.29, 0.717) is 0 Å². The molecule has 0 radical (unpaired) electrons. The van der Waals surface area contributed by atoms with E-state index < -0.39 is 17.6 Å². The topological polar surface area (TPSA) is 23.8 Å². The van der Waals surface area contributed by atoms with E-state index in [1.807, 2.05) is 6.07 Å². The van der Waals surface area contributed by atoms with E-state index in [9.17, 15) is 8.78 Å². The molecule has 0 N–H and O–H groups in total. The van der Waals surface area contributed by atoms with E-state index in [1.165, 1.54) is 18.2 Å². The van der Waals surface area contributed by atoms with Gasteiger partial charge in [0.25, 0.3) is 0 Å². The second-order valence-corrected chi connectivity index (χ2v) is 3.19. The third-order valence-corrected chi connectivity index (χ3v) is 2.25. The normalized spacial score (nSPS) is 12.1. The lowest BCUT2D eigenvalue weighted by atomic mass is 10.0. The molecule has 1 atom stereocenters. The molecule has 0 amide bonds. The van der Waals surface area contributed by atoms with Crippen LogP contribution < -0.4 is 0 Å². The highest BCUT2D eigenvalue weighted by Crippen LogP contribution is 2.17. The van der Waals surface area contributed by atoms with Crippen LogP contribution in [0.25, 0.3) is 0 Å². The Labute approximate surface area is 85.9 Å². The summed E-state index contributed by atoms with van der Waals surface area (Å²) in [6.07, 6.45) is 0.0124. The van der Waals surface area contributed by atoms with Crippen LogP contribution in [0.2, 0.25) is 0 Å². The summed E-state index contributed by atoms with van der Waals surface area (Å²) < 4.78 is 26.2. The van der Waals surface area contributed by atoms with Crippen LogP contribution in [0.5, 0.6) is 0 Å². The molecule has 1 aromatic carbocycles. The lowest BCUT2D eigenvalue weighted by molar-refractivity contribution is 0.541. The predicted octanol–water partition coefficient (Wildman–Crippen LogP) is 2.89. The van der Waals surface area contributed by atoms with E-state index in [4.69, 9.17) is 16.9 Å². The molecule has 1 nitrogen and oxygen atoms in total. The van der Waals surface area contributed by atoms with Gasteiger partial charge < -0.3 is 0 Å². The lowest BCUT2D eigenvalue weighted by Crippen LogP contribution is -2.07. The molecular weight excluding hydrogens is 208 g/mol. The summed E-state index contributed by atoms with van der Waals surface area (Å²) in [5, 5.41) is 8.59. The third kappa shape index (κ3) is 2.43. The molecule has 14 heavy (non-hydrogen) atoms. The zero-order valence-electron chi connectivity index (χ0n) is 7.30. The van der Waals surface area contributed by atoms with Crippen LogP contribution in [-0.4, -0.2) is 5.88 Å². The molecule has 0 saturated heterocycles. The van der Waals surface area contributed by atoms with Gasteiger partial charge in [-0.3, -0.25) is 0 Å². The minimum Gasteiger partial charge on any atom is -0.207 e. The number of alkyl halides is 1. The molecule has 0 heterocycles. The number of nitrogens with zero attached hydrogens (tertiary/aromatic N) is 1. The number of nitriles is 1. The van der Waals surface area contributed by atoms with Crippen LogP contribution in [-0.2, 0) is 6.42 Å². The largest absolute Gasteiger partial charge is 0.207 e. The maximum absolute atomic E-state index is 13.1. The van der Waals surface area contributed by atoms with Crippen molar-refractivity contribution in [3.8, 4) is 6.07 Å². The summed E-state index contributed by atoms with van der Waals surface area (Å²) in [5.41, 5.74) is -0.0697. The van der Waals surface area contributed by atoms with Gasteiger partial charge in [-0.1, -0.05) is 6.07 Å². The number of halogens is 3. The van der Waals surface area contributed by atoms with Crippen LogP contribution in [0.15, 0.2) is 18.2 Å². The minimum absolute atomic E-state index is 0.0124. The Morgan fingerprint density at radius 3 is 2.36 bits per heavy atom. The standard InChI is InChI=1S/C10H8ClF2N/c11-5-7(6-14)4-8-9(12)2-1-3-10(8)13/h1-3,7H,4-5H2. The van der Waals surface area contributed by atoms with Gasteiger partial charge in [-0.05, 0) is 18.6 Å². The molecule has 1 unspecified atom stereocenters. The number of benzene rings is 1. The molecule has 0 aromatic heterocycles. The van der Waals surface area contributed by atoms with Gasteiger partial charge in [0.1, 0.15) is 11.6 Å². The monoisotopic (exact) mass is 215 g/mol. The maximum atomic E-state index is 13.1. The van der Waals surface area contributed by atoms with Crippen molar-refractivity contribution >= 4 is 11.6 Å². The molecule has 0 saturated carbocycles. The molecule has 0 fully saturated rings. The molecule has 0 spiro atoms. The Morgan fingerprint density at radius 1 is 1.36 bits per heavy atom. The lowest BCUT2D eigenvalue weighted by Gasteiger charge is -2.06. The fraction of sp³-hybridized carbons (Fsp3) is 0.300. The average molecular weight is 216 g/mol. The second kappa shape index (κ2) is 4.92. The molecule has 1 aromatic rings. The molecule has 4 heteroatoms. The van der Waals surface area contributed by atoms with Crippen molar-refractivity contribution in [3.05, 3.63) is 35.4 Å². The van der Waals surface area contributed by atoms with E-state index in [0.717, 1.165) is 0 Å². The first-order chi connectivity index (χ1) is 6.69. The molecule has 0 aliphatic carbocycles. The summed E-state index contributed by atoms with van der Waals surface area (Å²) in [5.74, 6) is -1.74. The quantitative estimate of drug-likeness (QED) is 0.712. The molecule has 0 bridgehead atoms. The van der Waals surface area contributed by atoms with E-state index in [2.05, 4.69) is 0 Å². The number of hydrogen-bond acceptors (Lipinski definition) is 1. The highest BCUT2D eigenvalue weighted by Gasteiger charge is 2.14. The Bertz CT molecular complexity index is 339. The van der Waals surface area contributed by atoms with Crippen LogP contribution in [0.1, 0.15) is 5.56 Å². The summed E-state index contributed by atoms with van der Waals surface area (Å²) in [4.78, 5) is 0. The Hall–Kier alpha value is -1.14. The predicted molar refractivity (Wildman–Crippen MR) is 49.9 cm³/mol. The van der Waals surface area contributed by atoms with Crippen molar-refractivity contribution < 1.29 is 8.78 Å². The molecule has 1 rings (SSSR count). The smallest absolute Gasteiger partial charge is 0.129 e. The van der Waals surface area contributed by atoms with Crippen LogP contribution >= 0.6 is 11.6 Å². The fourth-order valence-corrected chi connectivity index (χ4v) is 1.29. The number of rotatable bonds is 3. The summed E-state index contributed by atoms with van der Waals surface area (Å²) in [6.45, 7) is 0. The van der Waals surface area contributed by atoms with Crippen LogP contribution in [0, 0.1) is 28.9 Å². The van der Waals surface area contributed by atoms with Crippen molar-refractivity contribution in [1.29, 1.82) is 5.26 Å². The molecule has 0 aliphatic heterocycles. The van der Waals surface area contributed by atoms with Crippen molar-refractivity contribution in [2.75, 3.05) is 5.88 Å². The van der Waals surface area contributed by atoms with Crippen LogP contribution in [0.3, 0.4) is 0 Å². The first kappa shape index (κ1) is 10.9. The minimum atomic E-state index is -0.629. The van der Waals surface area contributed by atoms with Gasteiger partial charge in [-0.15, -0.1) is 11.6 Å². The molecule has 0 aliphatic rings. The first-order valence-electron chi connectivity index (χ1n) is 4.07. The first-order valence-corrected chi connectivity index (χ1v) is 4.61. The Morgan fingerprint density at radius 2 is 1.93 bits per heavy atom. The van der Waals surface area contributed by atoms with E-state index >= 15 is 0 Å². The highest BCUT2D eigenvalue weighted by molar-refractivity contribution is 6.18. The molecule has 74 valence electrons. The summed E-state index contributed by atoms with van der Waals surface area (Å²) in [7, 11) is 0. The Kier molecular flexibility index (Phi) is 3.84. The van der Waals surface area contributed by atoms with Gasteiger partial charge in [0, 0.05) is 11.4 Å². The molecular formula is C10H8ClF2N. The van der Waals surface area contributed by atoms with Crippen molar-refractivity contribution in [2.45, 2.75) is 6.42 Å².